The van der Waals surface area contributed by atoms with E-state index in [4.69, 9.17) is 0 Å². The number of amides is 1. The van der Waals surface area contributed by atoms with Crippen molar-refractivity contribution in [2.75, 3.05) is 6.54 Å². The van der Waals surface area contributed by atoms with Gasteiger partial charge < -0.3 is 5.32 Å². The van der Waals surface area contributed by atoms with Gasteiger partial charge in [0.2, 0.25) is 0 Å². The average Bonchev–Trinajstić information content (AvgIpc) is 2.82. The van der Waals surface area contributed by atoms with Crippen LogP contribution in [0.5, 0.6) is 0 Å². The Kier molecular flexibility index (Phi) is 5.49. The normalized spacial score (nSPS) is 10.6. The lowest BCUT2D eigenvalue weighted by Crippen LogP contribution is -2.25. The number of carbonyl (C=O) groups is 1. The van der Waals surface area contributed by atoms with Crippen molar-refractivity contribution in [1.29, 1.82) is 0 Å². The first-order chi connectivity index (χ1) is 10.9. The number of benzene rings is 1. The number of aromatic nitrogens is 2. The molecule has 8 heteroatoms. The van der Waals surface area contributed by atoms with Crippen molar-refractivity contribution < 1.29 is 9.72 Å². The first kappa shape index (κ1) is 17.1. The molecule has 0 atom stereocenters. The molecule has 2 aromatic rings. The lowest BCUT2D eigenvalue weighted by molar-refractivity contribution is -0.385. The van der Waals surface area contributed by atoms with Crippen molar-refractivity contribution in [3.8, 4) is 0 Å². The van der Waals surface area contributed by atoms with Crippen molar-refractivity contribution in [3.63, 3.8) is 0 Å². The number of hydrogen-bond acceptors (Lipinski definition) is 4. The highest BCUT2D eigenvalue weighted by Gasteiger charge is 2.14. The van der Waals surface area contributed by atoms with E-state index >= 15 is 0 Å². The predicted molar refractivity (Wildman–Crippen MR) is 89.4 cm³/mol. The molecule has 0 aliphatic rings. The molecule has 7 nitrogen and oxygen atoms in total. The van der Waals surface area contributed by atoms with E-state index in [0.29, 0.717) is 30.6 Å². The predicted octanol–water partition coefficient (Wildman–Crippen LogP) is 2.99. The molecule has 1 aromatic carbocycles. The zero-order valence-corrected chi connectivity index (χ0v) is 14.5. The van der Waals surface area contributed by atoms with Gasteiger partial charge in [-0.3, -0.25) is 19.6 Å². The molecule has 1 aromatic heterocycles. The van der Waals surface area contributed by atoms with Gasteiger partial charge in [-0.2, -0.15) is 5.10 Å². The first-order valence-corrected chi connectivity index (χ1v) is 7.90. The minimum absolute atomic E-state index is 0.0467. The van der Waals surface area contributed by atoms with Crippen LogP contribution >= 0.6 is 15.9 Å². The highest BCUT2D eigenvalue weighted by Crippen LogP contribution is 2.19. The molecule has 23 heavy (non-hydrogen) atoms. The molecule has 0 saturated carbocycles. The summed E-state index contributed by atoms with van der Waals surface area (Å²) in [6.45, 7) is 4.70. The minimum atomic E-state index is -0.482. The van der Waals surface area contributed by atoms with Crippen molar-refractivity contribution in [3.05, 3.63) is 55.8 Å². The Balaban J connectivity index is 1.87. The zero-order chi connectivity index (χ0) is 17.0. The van der Waals surface area contributed by atoms with Crippen LogP contribution in [0.1, 0.15) is 28.0 Å². The van der Waals surface area contributed by atoms with E-state index in [-0.39, 0.29) is 11.6 Å². The topological polar surface area (TPSA) is 90.1 Å². The summed E-state index contributed by atoms with van der Waals surface area (Å²) in [5.41, 5.74) is 1.70. The molecule has 0 unspecified atom stereocenters. The molecule has 1 amide bonds. The van der Waals surface area contributed by atoms with Gasteiger partial charge in [0, 0.05) is 36.5 Å². The van der Waals surface area contributed by atoms with Crippen LogP contribution in [0.3, 0.4) is 0 Å². The van der Waals surface area contributed by atoms with E-state index in [1.54, 1.807) is 19.1 Å². The number of nitro benzene ring substituents is 1. The molecule has 0 bridgehead atoms. The van der Waals surface area contributed by atoms with Gasteiger partial charge in [-0.15, -0.1) is 0 Å². The van der Waals surface area contributed by atoms with Crippen molar-refractivity contribution in [2.45, 2.75) is 26.8 Å². The summed E-state index contributed by atoms with van der Waals surface area (Å²) in [6, 6.07) is 4.47. The summed E-state index contributed by atoms with van der Waals surface area (Å²) in [7, 11) is 0. The molecule has 1 heterocycles. The number of carbonyl (C=O) groups excluding carboxylic acids is 1. The van der Waals surface area contributed by atoms with Gasteiger partial charge >= 0.3 is 0 Å². The van der Waals surface area contributed by atoms with Gasteiger partial charge in [0.25, 0.3) is 11.6 Å². The third-order valence-electron chi connectivity index (χ3n) is 3.40. The van der Waals surface area contributed by atoms with Crippen LogP contribution in [0.2, 0.25) is 0 Å². The summed E-state index contributed by atoms with van der Waals surface area (Å²) in [6.07, 6.45) is 2.60. The Labute approximate surface area is 142 Å². The highest BCUT2D eigenvalue weighted by atomic mass is 79.9. The maximum absolute atomic E-state index is 12.0. The molecule has 0 aliphatic carbocycles. The quantitative estimate of drug-likeness (QED) is 0.473. The van der Waals surface area contributed by atoms with E-state index in [1.807, 2.05) is 17.8 Å². The van der Waals surface area contributed by atoms with Crippen LogP contribution < -0.4 is 5.32 Å². The van der Waals surface area contributed by atoms with E-state index < -0.39 is 4.92 Å². The second-order valence-electron chi connectivity index (χ2n) is 5.19. The fraction of sp³-hybridized carbons (Fsp3) is 0.333. The number of aryl methyl sites for hydroxylation is 3. The van der Waals surface area contributed by atoms with Crippen molar-refractivity contribution >= 4 is 27.5 Å². The third-order valence-corrected chi connectivity index (χ3v) is 4.18. The number of nitrogens with one attached hydrogen (secondary N) is 1. The molecule has 2 rings (SSSR count). The van der Waals surface area contributed by atoms with Crippen molar-refractivity contribution in [1.82, 2.24) is 15.1 Å². The maximum atomic E-state index is 12.0. The van der Waals surface area contributed by atoms with Crippen LogP contribution in [0.25, 0.3) is 0 Å². The SMILES string of the molecule is Cc1ccc(C(=O)NCCCn2cc(Br)c(C)n2)cc1[N+](=O)[O-]. The summed E-state index contributed by atoms with van der Waals surface area (Å²) < 4.78 is 2.76. The highest BCUT2D eigenvalue weighted by molar-refractivity contribution is 9.10. The smallest absolute Gasteiger partial charge is 0.273 e. The first-order valence-electron chi connectivity index (χ1n) is 7.11. The van der Waals surface area contributed by atoms with Gasteiger partial charge in [-0.25, -0.2) is 0 Å². The molecule has 0 aliphatic heterocycles. The maximum Gasteiger partial charge on any atom is 0.273 e. The van der Waals surface area contributed by atoms with E-state index in [9.17, 15) is 14.9 Å². The number of halogens is 1. The molecule has 0 fully saturated rings. The lowest BCUT2D eigenvalue weighted by Gasteiger charge is -2.06. The number of rotatable bonds is 6. The standard InChI is InChI=1S/C15H17BrN4O3/c1-10-4-5-12(8-14(10)20(22)23)15(21)17-6-3-7-19-9-13(16)11(2)18-19/h4-5,8-9H,3,6-7H2,1-2H3,(H,17,21). The molecule has 1 N–H and O–H groups in total. The molecular formula is C15H17BrN4O3. The summed E-state index contributed by atoms with van der Waals surface area (Å²) >= 11 is 3.39. The summed E-state index contributed by atoms with van der Waals surface area (Å²) in [4.78, 5) is 22.5. The minimum Gasteiger partial charge on any atom is -0.352 e. The summed E-state index contributed by atoms with van der Waals surface area (Å²) in [5, 5.41) is 18.0. The van der Waals surface area contributed by atoms with Crippen LogP contribution in [0.4, 0.5) is 5.69 Å². The molecular weight excluding hydrogens is 364 g/mol. The van der Waals surface area contributed by atoms with E-state index in [1.165, 1.54) is 6.07 Å². The van der Waals surface area contributed by atoms with Gasteiger partial charge in [0.1, 0.15) is 0 Å². The monoisotopic (exact) mass is 380 g/mol. The molecule has 0 radical (unpaired) electrons. The number of hydrogen-bond donors (Lipinski definition) is 1. The number of nitro groups is 1. The zero-order valence-electron chi connectivity index (χ0n) is 12.9. The van der Waals surface area contributed by atoms with Gasteiger partial charge in [0.15, 0.2) is 0 Å². The Morgan fingerprint density at radius 1 is 1.43 bits per heavy atom. The molecule has 122 valence electrons. The third kappa shape index (κ3) is 4.38. The molecule has 0 spiro atoms. The van der Waals surface area contributed by atoms with Crippen LogP contribution in [-0.2, 0) is 6.54 Å². The van der Waals surface area contributed by atoms with Gasteiger partial charge in [-0.1, -0.05) is 6.07 Å². The van der Waals surface area contributed by atoms with Gasteiger partial charge in [-0.05, 0) is 42.3 Å². The Morgan fingerprint density at radius 3 is 2.78 bits per heavy atom. The Bertz CT molecular complexity index is 723. The number of nitrogens with zero attached hydrogens (tertiary/aromatic N) is 3. The van der Waals surface area contributed by atoms with E-state index in [2.05, 4.69) is 26.3 Å². The van der Waals surface area contributed by atoms with Gasteiger partial charge in [0.05, 0.1) is 15.1 Å². The Hall–Kier alpha value is -2.22. The fourth-order valence-corrected chi connectivity index (χ4v) is 2.42. The Morgan fingerprint density at radius 2 is 2.17 bits per heavy atom. The molecule has 0 saturated heterocycles. The second-order valence-corrected chi connectivity index (χ2v) is 6.05. The van der Waals surface area contributed by atoms with Crippen LogP contribution in [0, 0.1) is 24.0 Å². The lowest BCUT2D eigenvalue weighted by atomic mass is 10.1. The largest absolute Gasteiger partial charge is 0.352 e. The summed E-state index contributed by atoms with van der Waals surface area (Å²) in [5.74, 6) is -0.314. The van der Waals surface area contributed by atoms with Crippen LogP contribution in [0.15, 0.2) is 28.9 Å². The fourth-order valence-electron chi connectivity index (χ4n) is 2.10. The second kappa shape index (κ2) is 7.36. The average molecular weight is 381 g/mol. The van der Waals surface area contributed by atoms with Crippen LogP contribution in [-0.4, -0.2) is 27.2 Å². The van der Waals surface area contributed by atoms with E-state index in [0.717, 1.165) is 10.2 Å². The van der Waals surface area contributed by atoms with Crippen molar-refractivity contribution in [2.24, 2.45) is 0 Å².